The summed E-state index contributed by atoms with van der Waals surface area (Å²) < 4.78 is 8.94. The number of nitrogens with one attached hydrogen (secondary N) is 3. The molecule has 1 aliphatic heterocycles. The summed E-state index contributed by atoms with van der Waals surface area (Å²) in [4.78, 5) is 29.5. The fourth-order valence-electron chi connectivity index (χ4n) is 3.55. The Morgan fingerprint density at radius 2 is 2.38 bits per heavy atom. The molecule has 3 N–H and O–H groups in total. The van der Waals surface area contributed by atoms with Crippen LogP contribution in [-0.4, -0.2) is 56.5 Å². The predicted octanol–water partition coefficient (Wildman–Crippen LogP) is 3.33. The van der Waals surface area contributed by atoms with Crippen LogP contribution >= 0.6 is 11.5 Å². The minimum atomic E-state index is -0.224. The smallest absolute Gasteiger partial charge is 0.329 e. The molecule has 0 saturated carbocycles. The zero-order valence-electron chi connectivity index (χ0n) is 16.0. The Hall–Kier alpha value is -3.39. The van der Waals surface area contributed by atoms with Crippen molar-refractivity contribution in [2.24, 2.45) is 5.92 Å². The number of aromatic nitrogens is 4. The Morgan fingerprint density at radius 3 is 3.10 bits per heavy atom. The molecule has 4 heterocycles. The topological polar surface area (TPSA) is 112 Å². The molecular formula is C18H20N8O2S. The highest BCUT2D eigenvalue weighted by Gasteiger charge is 2.35. The highest BCUT2D eigenvalue weighted by Crippen LogP contribution is 2.34. The maximum atomic E-state index is 12.7. The Kier molecular flexibility index (Phi) is 5.18. The summed E-state index contributed by atoms with van der Waals surface area (Å²) in [5.74, 6) is 0.255. The van der Waals surface area contributed by atoms with E-state index in [0.717, 1.165) is 34.7 Å². The van der Waals surface area contributed by atoms with E-state index in [-0.39, 0.29) is 24.0 Å². The van der Waals surface area contributed by atoms with Crippen molar-refractivity contribution < 1.29 is 9.53 Å². The van der Waals surface area contributed by atoms with Gasteiger partial charge in [-0.15, -0.1) is 4.37 Å². The fraction of sp³-hybridized carbons (Fsp3) is 0.389. The van der Waals surface area contributed by atoms with Crippen LogP contribution in [0.5, 0.6) is 6.01 Å². The number of rotatable bonds is 5. The van der Waals surface area contributed by atoms with E-state index in [1.165, 1.54) is 7.11 Å². The van der Waals surface area contributed by atoms with Crippen LogP contribution in [-0.2, 0) is 0 Å². The molecule has 1 aliphatic rings. The van der Waals surface area contributed by atoms with Gasteiger partial charge in [-0.1, -0.05) is 6.92 Å². The average molecular weight is 412 g/mol. The molecule has 0 aromatic carbocycles. The van der Waals surface area contributed by atoms with Crippen molar-refractivity contribution in [2.75, 3.05) is 30.8 Å². The molecular weight excluding hydrogens is 392 g/mol. The highest BCUT2D eigenvalue weighted by atomic mass is 32.1. The van der Waals surface area contributed by atoms with Crippen LogP contribution in [0.3, 0.4) is 0 Å². The van der Waals surface area contributed by atoms with Crippen LogP contribution in [0.15, 0.2) is 18.5 Å². The van der Waals surface area contributed by atoms with Crippen LogP contribution < -0.4 is 15.4 Å². The van der Waals surface area contributed by atoms with Crippen molar-refractivity contribution in [3.8, 4) is 6.01 Å². The number of carbonyl (C=O) groups is 1. The largest absolute Gasteiger partial charge is 0.466 e. The van der Waals surface area contributed by atoms with E-state index in [2.05, 4.69) is 41.7 Å². The van der Waals surface area contributed by atoms with Gasteiger partial charge in [-0.2, -0.15) is 4.98 Å². The number of carbonyl (C=O) groups excluding carboxylic acids is 1. The molecule has 29 heavy (non-hydrogen) atoms. The maximum absolute atomic E-state index is 12.7. The summed E-state index contributed by atoms with van der Waals surface area (Å²) in [7, 11) is 1.48. The second kappa shape index (κ2) is 7.92. The lowest BCUT2D eigenvalue weighted by atomic mass is 10.0. The minimum Gasteiger partial charge on any atom is -0.466 e. The number of fused-ring (bicyclic) bond motifs is 1. The number of hydrogen-bond donors (Lipinski definition) is 3. The summed E-state index contributed by atoms with van der Waals surface area (Å²) in [5, 5.41) is 7.56. The first kappa shape index (κ1) is 18.9. The number of hydrogen-bond acceptors (Lipinski definition) is 7. The molecule has 1 saturated heterocycles. The Morgan fingerprint density at radius 1 is 1.52 bits per heavy atom. The van der Waals surface area contributed by atoms with Gasteiger partial charge in [0.15, 0.2) is 0 Å². The molecule has 1 fully saturated rings. The predicted molar refractivity (Wildman–Crippen MR) is 111 cm³/mol. The second-order valence-electron chi connectivity index (χ2n) is 6.71. The number of H-pyrrole nitrogens is 1. The van der Waals surface area contributed by atoms with Gasteiger partial charge in [0.2, 0.25) is 10.8 Å². The lowest BCUT2D eigenvalue weighted by Gasteiger charge is -2.21. The summed E-state index contributed by atoms with van der Waals surface area (Å²) >= 11 is 1.07. The van der Waals surface area contributed by atoms with E-state index in [9.17, 15) is 4.79 Å². The molecule has 3 aromatic rings. The van der Waals surface area contributed by atoms with Crippen LogP contribution in [0, 0.1) is 12.5 Å². The molecule has 3 aromatic heterocycles. The van der Waals surface area contributed by atoms with E-state index >= 15 is 0 Å². The van der Waals surface area contributed by atoms with Crippen molar-refractivity contribution in [1.29, 1.82) is 0 Å². The molecule has 0 aliphatic carbocycles. The van der Waals surface area contributed by atoms with Crippen molar-refractivity contribution in [2.45, 2.75) is 19.4 Å². The van der Waals surface area contributed by atoms with Gasteiger partial charge in [0.1, 0.15) is 5.65 Å². The first-order chi connectivity index (χ1) is 14.1. The van der Waals surface area contributed by atoms with E-state index in [1.807, 2.05) is 6.07 Å². The van der Waals surface area contributed by atoms with Gasteiger partial charge in [0.25, 0.3) is 0 Å². The summed E-state index contributed by atoms with van der Waals surface area (Å²) in [5.41, 5.74) is 1.95. The maximum Gasteiger partial charge on any atom is 0.329 e. The highest BCUT2D eigenvalue weighted by molar-refractivity contribution is 7.10. The number of likely N-dealkylation sites (tertiary alicyclic amines) is 1. The number of urea groups is 1. The van der Waals surface area contributed by atoms with Gasteiger partial charge in [-0.3, -0.25) is 10.3 Å². The van der Waals surface area contributed by atoms with Crippen LogP contribution in [0.25, 0.3) is 15.9 Å². The SMILES string of the molecule is [C-]#[N+]c1cnc2[nH]ccc2c1N[C@H]1CN(C(=O)Nc2nc(OC)ns2)C[C@H]1CC. The summed E-state index contributed by atoms with van der Waals surface area (Å²) in [6.07, 6.45) is 4.28. The van der Waals surface area contributed by atoms with E-state index < -0.39 is 0 Å². The zero-order chi connectivity index (χ0) is 20.4. The van der Waals surface area contributed by atoms with Crippen molar-refractivity contribution in [3.63, 3.8) is 0 Å². The molecule has 0 bridgehead atoms. The molecule has 2 amide bonds. The second-order valence-corrected chi connectivity index (χ2v) is 7.46. The summed E-state index contributed by atoms with van der Waals surface area (Å²) in [6, 6.07) is 1.94. The van der Waals surface area contributed by atoms with Crippen molar-refractivity contribution in [3.05, 3.63) is 29.9 Å². The Balaban J connectivity index is 1.51. The van der Waals surface area contributed by atoms with E-state index in [1.54, 1.807) is 17.3 Å². The molecule has 150 valence electrons. The lowest BCUT2D eigenvalue weighted by Crippen LogP contribution is -2.35. The molecule has 2 atom stereocenters. The quantitative estimate of drug-likeness (QED) is 0.554. The van der Waals surface area contributed by atoms with Gasteiger partial charge in [0, 0.05) is 48.4 Å². The first-order valence-electron chi connectivity index (χ1n) is 9.16. The van der Waals surface area contributed by atoms with Gasteiger partial charge < -0.3 is 19.9 Å². The number of amides is 2. The van der Waals surface area contributed by atoms with Crippen molar-refractivity contribution >= 4 is 45.1 Å². The van der Waals surface area contributed by atoms with E-state index in [4.69, 9.17) is 11.3 Å². The van der Waals surface area contributed by atoms with E-state index in [0.29, 0.717) is 23.9 Å². The third-order valence-corrected chi connectivity index (χ3v) is 5.69. The van der Waals surface area contributed by atoms with Crippen molar-refractivity contribution in [1.82, 2.24) is 24.2 Å². The monoisotopic (exact) mass is 412 g/mol. The molecule has 0 unspecified atom stereocenters. The molecule has 0 radical (unpaired) electrons. The zero-order valence-corrected chi connectivity index (χ0v) is 16.8. The average Bonchev–Trinajstić information content (AvgIpc) is 3.47. The fourth-order valence-corrected chi connectivity index (χ4v) is 4.08. The van der Waals surface area contributed by atoms with Gasteiger partial charge in [0.05, 0.1) is 19.4 Å². The van der Waals surface area contributed by atoms with Gasteiger partial charge >= 0.3 is 12.0 Å². The van der Waals surface area contributed by atoms with Crippen LogP contribution in [0.1, 0.15) is 13.3 Å². The number of methoxy groups -OCH3 is 1. The number of ether oxygens (including phenoxy) is 1. The minimum absolute atomic E-state index is 0.0238. The Labute approximate surface area is 171 Å². The first-order valence-corrected chi connectivity index (χ1v) is 9.94. The third kappa shape index (κ3) is 3.66. The molecule has 11 heteroatoms. The lowest BCUT2D eigenvalue weighted by molar-refractivity contribution is 0.220. The van der Waals surface area contributed by atoms with Crippen LogP contribution in [0.4, 0.5) is 21.3 Å². The molecule has 10 nitrogen and oxygen atoms in total. The molecule has 4 rings (SSSR count). The van der Waals surface area contributed by atoms with Gasteiger partial charge in [-0.25, -0.2) is 9.64 Å². The number of aromatic amines is 1. The standard InChI is InChI=1S/C18H20N8O2S/c1-4-10-8-26(18(27)24-17-23-16(28-3)25-29-17)9-13(10)22-14-11-5-6-20-15(11)21-7-12(14)19-2/h5-7,10,13H,4,8-9H2,1,3H3,(H2,20,21,22)(H,23,24,25,27)/t10-,13+/m1/s1. The van der Waals surface area contributed by atoms with Crippen LogP contribution in [0.2, 0.25) is 0 Å². The van der Waals surface area contributed by atoms with Gasteiger partial charge in [-0.05, 0) is 18.4 Å². The Bertz CT molecular complexity index is 1070. The third-order valence-electron chi connectivity index (χ3n) is 5.07. The molecule has 0 spiro atoms. The normalized spacial score (nSPS) is 18.6. The number of anilines is 2. The summed E-state index contributed by atoms with van der Waals surface area (Å²) in [6.45, 7) is 10.7. The number of pyridine rings is 1. The number of nitrogens with zero attached hydrogens (tertiary/aromatic N) is 5.